The van der Waals surface area contributed by atoms with Crippen molar-refractivity contribution in [2.45, 2.75) is 26.3 Å². The molecule has 104 valence electrons. The first kappa shape index (κ1) is 14.8. The fourth-order valence-electron chi connectivity index (χ4n) is 1.76. The van der Waals surface area contributed by atoms with Crippen LogP contribution in [0.5, 0.6) is 5.75 Å². The number of rotatable bonds is 4. The third-order valence-corrected chi connectivity index (χ3v) is 3.05. The first-order valence-electron chi connectivity index (χ1n) is 5.90. The van der Waals surface area contributed by atoms with Gasteiger partial charge in [-0.1, -0.05) is 5.16 Å². The Morgan fingerprint density at radius 3 is 2.68 bits per heavy atom. The number of benzene rings is 1. The summed E-state index contributed by atoms with van der Waals surface area (Å²) >= 11 is 0. The quantitative estimate of drug-likeness (QED) is 0.330. The van der Waals surface area contributed by atoms with Gasteiger partial charge in [-0.05, 0) is 37.6 Å². The van der Waals surface area contributed by atoms with E-state index in [1.165, 1.54) is 17.0 Å². The van der Waals surface area contributed by atoms with Crippen molar-refractivity contribution in [3.63, 3.8) is 0 Å². The van der Waals surface area contributed by atoms with Crippen LogP contribution in [-0.2, 0) is 0 Å². The second-order valence-corrected chi connectivity index (χ2v) is 4.56. The van der Waals surface area contributed by atoms with Crippen LogP contribution < -0.4 is 5.73 Å². The number of aryl methyl sites for hydroxylation is 1. The molecule has 0 aromatic heterocycles. The lowest BCUT2D eigenvalue weighted by Crippen LogP contribution is -2.38. The van der Waals surface area contributed by atoms with Crippen molar-refractivity contribution in [3.8, 4) is 5.75 Å². The molecule has 0 radical (unpaired) electrons. The number of phenolic OH excluding ortho intramolecular Hbond substituents is 1. The molecule has 6 heteroatoms. The molecule has 0 aliphatic carbocycles. The molecule has 1 aromatic carbocycles. The normalized spacial score (nSPS) is 13.1. The summed E-state index contributed by atoms with van der Waals surface area (Å²) in [4.78, 5) is 13.8. The van der Waals surface area contributed by atoms with E-state index in [0.29, 0.717) is 11.1 Å². The van der Waals surface area contributed by atoms with Gasteiger partial charge in [-0.2, -0.15) is 0 Å². The maximum absolute atomic E-state index is 12.3. The molecule has 1 rings (SSSR count). The van der Waals surface area contributed by atoms with Crippen LogP contribution in [0.4, 0.5) is 0 Å². The number of oxime groups is 1. The molecule has 1 atom stereocenters. The molecule has 4 N–H and O–H groups in total. The number of aromatic hydroxyl groups is 1. The van der Waals surface area contributed by atoms with E-state index in [9.17, 15) is 9.90 Å². The van der Waals surface area contributed by atoms with Gasteiger partial charge >= 0.3 is 0 Å². The van der Waals surface area contributed by atoms with Crippen LogP contribution in [0.1, 0.15) is 29.3 Å². The summed E-state index contributed by atoms with van der Waals surface area (Å²) in [6.07, 6.45) is 0.288. The summed E-state index contributed by atoms with van der Waals surface area (Å²) in [5.74, 6) is 0.0340. The van der Waals surface area contributed by atoms with Gasteiger partial charge in [0.15, 0.2) is 0 Å². The second kappa shape index (κ2) is 6.08. The Hall–Kier alpha value is -2.24. The lowest BCUT2D eigenvalue weighted by Gasteiger charge is -2.25. The zero-order valence-electron chi connectivity index (χ0n) is 11.3. The Balaban J connectivity index is 2.87. The first-order chi connectivity index (χ1) is 8.86. The molecule has 19 heavy (non-hydrogen) atoms. The third kappa shape index (κ3) is 3.61. The average Bonchev–Trinajstić information content (AvgIpc) is 2.36. The van der Waals surface area contributed by atoms with Crippen LogP contribution >= 0.6 is 0 Å². The van der Waals surface area contributed by atoms with Gasteiger partial charge in [0.05, 0.1) is 0 Å². The minimum Gasteiger partial charge on any atom is -0.508 e. The number of carbonyl (C=O) groups is 1. The van der Waals surface area contributed by atoms with Crippen LogP contribution in [-0.4, -0.2) is 40.0 Å². The van der Waals surface area contributed by atoms with Gasteiger partial charge in [0.25, 0.3) is 5.91 Å². The average molecular weight is 265 g/mol. The van der Waals surface area contributed by atoms with E-state index in [2.05, 4.69) is 5.16 Å². The zero-order chi connectivity index (χ0) is 14.6. The SMILES string of the molecule is Cc1cc(O)ccc1C(=O)N(C)C(C)C/C(N)=N/O. The number of nitrogens with zero attached hydrogens (tertiary/aromatic N) is 2. The van der Waals surface area contributed by atoms with Crippen LogP contribution in [0.15, 0.2) is 23.4 Å². The smallest absolute Gasteiger partial charge is 0.254 e. The van der Waals surface area contributed by atoms with Gasteiger partial charge in [-0.15, -0.1) is 0 Å². The van der Waals surface area contributed by atoms with Gasteiger partial charge in [0, 0.05) is 25.1 Å². The lowest BCUT2D eigenvalue weighted by atomic mass is 10.1. The molecule has 0 saturated carbocycles. The van der Waals surface area contributed by atoms with E-state index < -0.39 is 0 Å². The molecule has 0 aliphatic heterocycles. The lowest BCUT2D eigenvalue weighted by molar-refractivity contribution is 0.0746. The Morgan fingerprint density at radius 2 is 2.16 bits per heavy atom. The van der Waals surface area contributed by atoms with Crippen molar-refractivity contribution < 1.29 is 15.1 Å². The molecule has 6 nitrogen and oxygen atoms in total. The minimum absolute atomic E-state index is 0.0783. The summed E-state index contributed by atoms with van der Waals surface area (Å²) in [7, 11) is 1.66. The van der Waals surface area contributed by atoms with E-state index >= 15 is 0 Å². The van der Waals surface area contributed by atoms with Crippen molar-refractivity contribution in [2.75, 3.05) is 7.05 Å². The molecular weight excluding hydrogens is 246 g/mol. The zero-order valence-corrected chi connectivity index (χ0v) is 11.3. The van der Waals surface area contributed by atoms with Crippen LogP contribution in [0, 0.1) is 6.92 Å². The van der Waals surface area contributed by atoms with Crippen LogP contribution in [0.3, 0.4) is 0 Å². The van der Waals surface area contributed by atoms with E-state index in [-0.39, 0.29) is 30.0 Å². The molecule has 0 aliphatic rings. The monoisotopic (exact) mass is 265 g/mol. The topological polar surface area (TPSA) is 99.2 Å². The highest BCUT2D eigenvalue weighted by atomic mass is 16.4. The highest BCUT2D eigenvalue weighted by Gasteiger charge is 2.20. The van der Waals surface area contributed by atoms with Gasteiger partial charge in [0.2, 0.25) is 0 Å². The third-order valence-electron chi connectivity index (χ3n) is 3.05. The Bertz CT molecular complexity index is 500. The van der Waals surface area contributed by atoms with E-state index in [1.807, 2.05) is 6.92 Å². The highest BCUT2D eigenvalue weighted by molar-refractivity contribution is 5.96. The molecule has 0 bridgehead atoms. The number of hydrogen-bond donors (Lipinski definition) is 3. The Morgan fingerprint density at radius 1 is 1.53 bits per heavy atom. The number of amidine groups is 1. The highest BCUT2D eigenvalue weighted by Crippen LogP contribution is 2.18. The van der Waals surface area contributed by atoms with Gasteiger partial charge < -0.3 is 20.9 Å². The molecule has 0 heterocycles. The summed E-state index contributed by atoms with van der Waals surface area (Å²) in [6, 6.07) is 4.40. The minimum atomic E-state index is -0.198. The standard InChI is InChI=1S/C13H19N3O3/c1-8-6-10(17)4-5-11(8)13(18)16(3)9(2)7-12(14)15-19/h4-6,9,17,19H,7H2,1-3H3,(H2,14,15). The van der Waals surface area contributed by atoms with Crippen LogP contribution in [0.2, 0.25) is 0 Å². The van der Waals surface area contributed by atoms with Crippen molar-refractivity contribution in [2.24, 2.45) is 10.9 Å². The Labute approximate surface area is 112 Å². The van der Waals surface area contributed by atoms with E-state index in [1.54, 1.807) is 20.0 Å². The van der Waals surface area contributed by atoms with Gasteiger partial charge in [-0.3, -0.25) is 4.79 Å². The second-order valence-electron chi connectivity index (χ2n) is 4.56. The maximum atomic E-state index is 12.3. The molecule has 1 unspecified atom stereocenters. The molecule has 0 spiro atoms. The predicted octanol–water partition coefficient (Wildman–Crippen LogP) is 1.30. The summed E-state index contributed by atoms with van der Waals surface area (Å²) in [5.41, 5.74) is 6.65. The number of amides is 1. The first-order valence-corrected chi connectivity index (χ1v) is 5.90. The van der Waals surface area contributed by atoms with Crippen molar-refractivity contribution in [3.05, 3.63) is 29.3 Å². The summed E-state index contributed by atoms with van der Waals surface area (Å²) < 4.78 is 0. The maximum Gasteiger partial charge on any atom is 0.254 e. The van der Waals surface area contributed by atoms with Crippen molar-refractivity contribution in [1.82, 2.24) is 4.90 Å². The fourth-order valence-corrected chi connectivity index (χ4v) is 1.76. The van der Waals surface area contributed by atoms with Gasteiger partial charge in [0.1, 0.15) is 11.6 Å². The molecule has 0 fully saturated rings. The molecule has 1 amide bonds. The van der Waals surface area contributed by atoms with Crippen molar-refractivity contribution in [1.29, 1.82) is 0 Å². The van der Waals surface area contributed by atoms with Gasteiger partial charge in [-0.25, -0.2) is 0 Å². The number of carbonyl (C=O) groups excluding carboxylic acids is 1. The summed E-state index contributed by atoms with van der Waals surface area (Å²) in [6.45, 7) is 3.57. The Kier molecular flexibility index (Phi) is 4.74. The van der Waals surface area contributed by atoms with E-state index in [4.69, 9.17) is 10.9 Å². The van der Waals surface area contributed by atoms with Crippen molar-refractivity contribution >= 4 is 11.7 Å². The molecule has 1 aromatic rings. The number of nitrogens with two attached hydrogens (primary N) is 1. The predicted molar refractivity (Wildman–Crippen MR) is 72.4 cm³/mol. The molecular formula is C13H19N3O3. The van der Waals surface area contributed by atoms with Crippen LogP contribution in [0.25, 0.3) is 0 Å². The number of phenols is 1. The largest absolute Gasteiger partial charge is 0.508 e. The summed E-state index contributed by atoms with van der Waals surface area (Å²) in [5, 5.41) is 20.8. The fraction of sp³-hybridized carbons (Fsp3) is 0.385. The molecule has 0 saturated heterocycles. The number of hydrogen-bond acceptors (Lipinski definition) is 4. The van der Waals surface area contributed by atoms with E-state index in [0.717, 1.165) is 0 Å².